The van der Waals surface area contributed by atoms with Crippen molar-refractivity contribution in [2.24, 2.45) is 5.92 Å². The van der Waals surface area contributed by atoms with E-state index in [1.165, 1.54) is 0 Å². The summed E-state index contributed by atoms with van der Waals surface area (Å²) in [7, 11) is 0. The predicted octanol–water partition coefficient (Wildman–Crippen LogP) is 0.900. The van der Waals surface area contributed by atoms with E-state index in [1.54, 1.807) is 6.92 Å². The van der Waals surface area contributed by atoms with Gasteiger partial charge in [0.1, 0.15) is 6.10 Å². The van der Waals surface area contributed by atoms with Gasteiger partial charge in [-0.15, -0.1) is 0 Å². The van der Waals surface area contributed by atoms with Gasteiger partial charge in [-0.05, 0) is 26.2 Å². The number of hydrogen-bond donors (Lipinski definition) is 0. The first-order valence-electron chi connectivity index (χ1n) is 7.85. The van der Waals surface area contributed by atoms with Gasteiger partial charge in [0.2, 0.25) is 0 Å². The molecule has 0 aromatic heterocycles. The van der Waals surface area contributed by atoms with E-state index in [-0.39, 0.29) is 43.1 Å². The zero-order chi connectivity index (χ0) is 16.6. The molecule has 3 aliphatic rings. The Morgan fingerprint density at radius 2 is 2.09 bits per heavy atom. The highest BCUT2D eigenvalue weighted by molar-refractivity contribution is 5.86. The zero-order valence-electron chi connectivity index (χ0n) is 13.0. The number of hydrogen-bond acceptors (Lipinski definition) is 7. The Labute approximate surface area is 133 Å². The standard InChI is InChI=1S/C16H20O7/c1-8(2)15(18)20-6-4-3-5-11(17)22-13-10-7-9-12(21-10)14(13)23-16(9)19/h9-10,12-14H,1,3-7H2,2H3. The summed E-state index contributed by atoms with van der Waals surface area (Å²) >= 11 is 0. The lowest BCUT2D eigenvalue weighted by molar-refractivity contribution is -0.160. The maximum atomic E-state index is 11.9. The van der Waals surface area contributed by atoms with E-state index in [9.17, 15) is 14.4 Å². The van der Waals surface area contributed by atoms with Crippen molar-refractivity contribution in [3.63, 3.8) is 0 Å². The summed E-state index contributed by atoms with van der Waals surface area (Å²) in [5.41, 5.74) is 0.352. The Bertz CT molecular complexity index is 541. The van der Waals surface area contributed by atoms with Gasteiger partial charge in [-0.2, -0.15) is 0 Å². The average molecular weight is 324 g/mol. The molecule has 3 heterocycles. The minimum Gasteiger partial charge on any atom is -0.462 e. The Morgan fingerprint density at radius 3 is 2.83 bits per heavy atom. The zero-order valence-corrected chi connectivity index (χ0v) is 13.0. The Kier molecular flexibility index (Phi) is 4.39. The third-order valence-corrected chi connectivity index (χ3v) is 4.41. The molecule has 3 fully saturated rings. The molecule has 0 amide bonds. The molecule has 7 heteroatoms. The quantitative estimate of drug-likeness (QED) is 0.297. The summed E-state index contributed by atoms with van der Waals surface area (Å²) in [6.45, 7) is 5.31. The topological polar surface area (TPSA) is 88.1 Å². The normalized spacial score (nSPS) is 33.4. The molecule has 5 unspecified atom stereocenters. The van der Waals surface area contributed by atoms with Crippen molar-refractivity contribution in [1.82, 2.24) is 0 Å². The summed E-state index contributed by atoms with van der Waals surface area (Å²) in [4.78, 5) is 34.7. The second kappa shape index (κ2) is 6.31. The van der Waals surface area contributed by atoms with Crippen LogP contribution in [0.2, 0.25) is 0 Å². The highest BCUT2D eigenvalue weighted by Gasteiger charge is 2.65. The Morgan fingerprint density at radius 1 is 1.30 bits per heavy atom. The molecule has 5 atom stereocenters. The fourth-order valence-corrected chi connectivity index (χ4v) is 3.25. The van der Waals surface area contributed by atoms with Crippen LogP contribution in [-0.2, 0) is 33.3 Å². The molecule has 3 aliphatic heterocycles. The van der Waals surface area contributed by atoms with Gasteiger partial charge in [0.25, 0.3) is 0 Å². The minimum absolute atomic E-state index is 0.192. The number of unbranched alkanes of at least 4 members (excludes halogenated alkanes) is 1. The number of fused-ring (bicyclic) bond motifs is 1. The van der Waals surface area contributed by atoms with E-state index in [0.29, 0.717) is 24.8 Å². The van der Waals surface area contributed by atoms with Crippen LogP contribution < -0.4 is 0 Å². The van der Waals surface area contributed by atoms with Gasteiger partial charge < -0.3 is 18.9 Å². The molecule has 3 saturated heterocycles. The van der Waals surface area contributed by atoms with Crippen molar-refractivity contribution in [3.05, 3.63) is 12.2 Å². The number of esters is 3. The maximum absolute atomic E-state index is 11.9. The van der Waals surface area contributed by atoms with Gasteiger partial charge in [0, 0.05) is 12.0 Å². The van der Waals surface area contributed by atoms with Crippen LogP contribution in [-0.4, -0.2) is 48.9 Å². The Hall–Kier alpha value is -1.89. The predicted molar refractivity (Wildman–Crippen MR) is 76.2 cm³/mol. The molecular weight excluding hydrogens is 304 g/mol. The van der Waals surface area contributed by atoms with E-state index in [0.717, 1.165) is 0 Å². The van der Waals surface area contributed by atoms with Gasteiger partial charge in [0.15, 0.2) is 12.2 Å². The van der Waals surface area contributed by atoms with Crippen LogP contribution in [0.15, 0.2) is 12.2 Å². The molecule has 126 valence electrons. The molecule has 0 aromatic rings. The lowest BCUT2D eigenvalue weighted by atomic mass is 9.88. The molecule has 23 heavy (non-hydrogen) atoms. The molecule has 0 radical (unpaired) electrons. The van der Waals surface area contributed by atoms with Gasteiger partial charge in [-0.25, -0.2) is 4.79 Å². The highest BCUT2D eigenvalue weighted by atomic mass is 16.7. The van der Waals surface area contributed by atoms with E-state index in [1.807, 2.05) is 0 Å². The van der Waals surface area contributed by atoms with Crippen molar-refractivity contribution in [2.45, 2.75) is 57.0 Å². The number of carbonyl (C=O) groups is 3. The largest absolute Gasteiger partial charge is 0.462 e. The SMILES string of the molecule is C=C(C)C(=O)OCCCCC(=O)OC1C2CC3C(=O)OC1C3O2. The van der Waals surface area contributed by atoms with Gasteiger partial charge in [0.05, 0.1) is 18.6 Å². The first kappa shape index (κ1) is 16.0. The van der Waals surface area contributed by atoms with Crippen molar-refractivity contribution in [3.8, 4) is 0 Å². The Balaban J connectivity index is 1.35. The lowest BCUT2D eigenvalue weighted by Crippen LogP contribution is -2.40. The van der Waals surface area contributed by atoms with E-state index >= 15 is 0 Å². The van der Waals surface area contributed by atoms with Crippen LogP contribution in [0.5, 0.6) is 0 Å². The van der Waals surface area contributed by atoms with Crippen molar-refractivity contribution < 1.29 is 33.3 Å². The van der Waals surface area contributed by atoms with Crippen LogP contribution in [0.25, 0.3) is 0 Å². The first-order valence-corrected chi connectivity index (χ1v) is 7.85. The summed E-state index contributed by atoms with van der Waals surface area (Å²) < 4.78 is 21.3. The molecule has 3 rings (SSSR count). The monoisotopic (exact) mass is 324 g/mol. The third kappa shape index (κ3) is 3.10. The van der Waals surface area contributed by atoms with Crippen LogP contribution in [0.1, 0.15) is 32.6 Å². The highest BCUT2D eigenvalue weighted by Crippen LogP contribution is 2.47. The van der Waals surface area contributed by atoms with Crippen LogP contribution in [0, 0.1) is 5.92 Å². The van der Waals surface area contributed by atoms with Gasteiger partial charge in [-0.1, -0.05) is 6.58 Å². The fourth-order valence-electron chi connectivity index (χ4n) is 3.25. The summed E-state index contributed by atoms with van der Waals surface area (Å²) in [5, 5.41) is 0. The van der Waals surface area contributed by atoms with Crippen LogP contribution in [0.3, 0.4) is 0 Å². The van der Waals surface area contributed by atoms with E-state index < -0.39 is 18.2 Å². The van der Waals surface area contributed by atoms with Crippen LogP contribution >= 0.6 is 0 Å². The number of carbonyl (C=O) groups excluding carboxylic acids is 3. The molecule has 0 aromatic carbocycles. The van der Waals surface area contributed by atoms with E-state index in [2.05, 4.69) is 6.58 Å². The molecular formula is C16H20O7. The minimum atomic E-state index is -0.489. The average Bonchev–Trinajstić information content (AvgIpc) is 3.11. The van der Waals surface area contributed by atoms with Crippen LogP contribution in [0.4, 0.5) is 0 Å². The molecule has 7 nitrogen and oxygen atoms in total. The first-order chi connectivity index (χ1) is 11.0. The number of ether oxygens (including phenoxy) is 4. The molecule has 0 aliphatic carbocycles. The second-order valence-electron chi connectivity index (χ2n) is 6.21. The molecule has 0 N–H and O–H groups in total. The van der Waals surface area contributed by atoms with E-state index in [4.69, 9.17) is 18.9 Å². The van der Waals surface area contributed by atoms with Gasteiger partial charge >= 0.3 is 17.9 Å². The van der Waals surface area contributed by atoms with Crippen molar-refractivity contribution >= 4 is 17.9 Å². The van der Waals surface area contributed by atoms with Crippen molar-refractivity contribution in [1.29, 1.82) is 0 Å². The lowest BCUT2D eigenvalue weighted by Gasteiger charge is -2.22. The molecule has 0 saturated carbocycles. The molecule has 2 bridgehead atoms. The number of rotatable bonds is 7. The summed E-state index contributed by atoms with van der Waals surface area (Å²) in [6, 6.07) is 0. The third-order valence-electron chi connectivity index (χ3n) is 4.41. The van der Waals surface area contributed by atoms with Gasteiger partial charge in [-0.3, -0.25) is 9.59 Å². The fraction of sp³-hybridized carbons (Fsp3) is 0.688. The summed E-state index contributed by atoms with van der Waals surface area (Å²) in [5.74, 6) is -1.22. The maximum Gasteiger partial charge on any atom is 0.333 e. The van der Waals surface area contributed by atoms with Crippen molar-refractivity contribution in [2.75, 3.05) is 6.61 Å². The smallest absolute Gasteiger partial charge is 0.333 e. The second-order valence-corrected chi connectivity index (χ2v) is 6.21. The molecule has 0 spiro atoms. The summed E-state index contributed by atoms with van der Waals surface area (Å²) in [6.07, 6.45) is 0.480.